The Kier molecular flexibility index (Phi) is 6.49. The molecule has 1 saturated heterocycles. The van der Waals surface area contributed by atoms with Gasteiger partial charge in [0.2, 0.25) is 0 Å². The second-order valence-electron chi connectivity index (χ2n) is 6.29. The monoisotopic (exact) mass is 311 g/mol. The number of ether oxygens (including phenoxy) is 1. The van der Waals surface area contributed by atoms with E-state index in [1.807, 2.05) is 24.3 Å². The molecule has 1 aromatic rings. The SMILES string of the molecule is CC(C)COC1CCN(CC(O)c2ccc(Cl)cc2)CC1. The fraction of sp³-hybridized carbons (Fsp3) is 0.647. The van der Waals surface area contributed by atoms with Crippen LogP contribution in [0, 0.1) is 5.92 Å². The molecule has 0 radical (unpaired) electrons. The summed E-state index contributed by atoms with van der Waals surface area (Å²) in [5.41, 5.74) is 0.928. The Morgan fingerprint density at radius 3 is 2.43 bits per heavy atom. The van der Waals surface area contributed by atoms with Crippen LogP contribution in [0.25, 0.3) is 0 Å². The summed E-state index contributed by atoms with van der Waals surface area (Å²) in [6, 6.07) is 7.44. The predicted octanol–water partition coefficient (Wildman–Crippen LogP) is 3.51. The number of hydrogen-bond donors (Lipinski definition) is 1. The lowest BCUT2D eigenvalue weighted by atomic mass is 10.0. The van der Waals surface area contributed by atoms with Gasteiger partial charge in [-0.1, -0.05) is 37.6 Å². The van der Waals surface area contributed by atoms with Crippen LogP contribution in [0.1, 0.15) is 38.4 Å². The van der Waals surface area contributed by atoms with Crippen molar-refractivity contribution in [1.82, 2.24) is 4.90 Å². The molecule has 1 aliphatic rings. The summed E-state index contributed by atoms with van der Waals surface area (Å²) < 4.78 is 5.89. The first kappa shape index (κ1) is 16.8. The third-order valence-corrected chi connectivity index (χ3v) is 4.14. The number of β-amino-alcohol motifs (C(OH)–C–C–N with tert-alkyl or cyclic N) is 1. The number of aliphatic hydroxyl groups is 1. The van der Waals surface area contributed by atoms with Crippen molar-refractivity contribution >= 4 is 11.6 Å². The van der Waals surface area contributed by atoms with Gasteiger partial charge in [-0.25, -0.2) is 0 Å². The van der Waals surface area contributed by atoms with Gasteiger partial charge in [-0.05, 0) is 36.5 Å². The molecular weight excluding hydrogens is 286 g/mol. The van der Waals surface area contributed by atoms with Gasteiger partial charge >= 0.3 is 0 Å². The van der Waals surface area contributed by atoms with E-state index in [4.69, 9.17) is 16.3 Å². The Morgan fingerprint density at radius 1 is 1.24 bits per heavy atom. The molecule has 1 atom stereocenters. The van der Waals surface area contributed by atoms with Crippen molar-refractivity contribution in [1.29, 1.82) is 0 Å². The number of benzene rings is 1. The van der Waals surface area contributed by atoms with Crippen LogP contribution >= 0.6 is 11.6 Å². The van der Waals surface area contributed by atoms with Crippen LogP contribution in [0.5, 0.6) is 0 Å². The molecule has 0 bridgehead atoms. The molecule has 2 rings (SSSR count). The van der Waals surface area contributed by atoms with Gasteiger partial charge in [0.25, 0.3) is 0 Å². The molecule has 1 fully saturated rings. The molecule has 1 N–H and O–H groups in total. The first-order valence-corrected chi connectivity index (χ1v) is 8.20. The summed E-state index contributed by atoms with van der Waals surface area (Å²) in [5, 5.41) is 11.0. The second-order valence-corrected chi connectivity index (χ2v) is 6.73. The van der Waals surface area contributed by atoms with Crippen LogP contribution in [0.3, 0.4) is 0 Å². The third-order valence-electron chi connectivity index (χ3n) is 3.89. The predicted molar refractivity (Wildman–Crippen MR) is 86.7 cm³/mol. The van der Waals surface area contributed by atoms with E-state index >= 15 is 0 Å². The van der Waals surface area contributed by atoms with Gasteiger partial charge in [0.15, 0.2) is 0 Å². The van der Waals surface area contributed by atoms with Gasteiger partial charge in [-0.15, -0.1) is 0 Å². The first-order chi connectivity index (χ1) is 10.0. The molecule has 1 aromatic carbocycles. The third kappa shape index (κ3) is 5.59. The first-order valence-electron chi connectivity index (χ1n) is 7.82. The normalized spacial score (nSPS) is 19.1. The average molecular weight is 312 g/mol. The van der Waals surface area contributed by atoms with E-state index in [9.17, 15) is 5.11 Å². The Hall–Kier alpha value is -0.610. The van der Waals surface area contributed by atoms with E-state index in [0.29, 0.717) is 23.6 Å². The lowest BCUT2D eigenvalue weighted by molar-refractivity contribution is -0.0123. The lowest BCUT2D eigenvalue weighted by Crippen LogP contribution is -2.39. The summed E-state index contributed by atoms with van der Waals surface area (Å²) in [6.07, 6.45) is 2.05. The fourth-order valence-corrected chi connectivity index (χ4v) is 2.75. The van der Waals surface area contributed by atoms with E-state index in [1.165, 1.54) is 0 Å². The van der Waals surface area contributed by atoms with Crippen molar-refractivity contribution in [3.8, 4) is 0 Å². The van der Waals surface area contributed by atoms with Gasteiger partial charge in [0.1, 0.15) is 0 Å². The van der Waals surface area contributed by atoms with Gasteiger partial charge < -0.3 is 14.7 Å². The zero-order valence-corrected chi connectivity index (χ0v) is 13.7. The van der Waals surface area contributed by atoms with E-state index in [-0.39, 0.29) is 0 Å². The minimum absolute atomic E-state index is 0.385. The van der Waals surface area contributed by atoms with E-state index < -0.39 is 6.10 Å². The number of rotatable bonds is 6. The van der Waals surface area contributed by atoms with Gasteiger partial charge in [0, 0.05) is 31.3 Å². The number of nitrogens with zero attached hydrogens (tertiary/aromatic N) is 1. The van der Waals surface area contributed by atoms with Gasteiger partial charge in [-0.2, -0.15) is 0 Å². The molecule has 0 aliphatic carbocycles. The standard InChI is InChI=1S/C17H26ClNO2/c1-13(2)12-21-16-7-9-19(10-8-16)11-17(20)14-3-5-15(18)6-4-14/h3-6,13,16-17,20H,7-12H2,1-2H3. The van der Waals surface area contributed by atoms with E-state index in [0.717, 1.165) is 38.1 Å². The Bertz CT molecular complexity index is 413. The van der Waals surface area contributed by atoms with Crippen LogP contribution in [-0.2, 0) is 4.74 Å². The van der Waals surface area contributed by atoms with Crippen molar-refractivity contribution < 1.29 is 9.84 Å². The maximum absolute atomic E-state index is 10.3. The fourth-order valence-electron chi connectivity index (χ4n) is 2.62. The highest BCUT2D eigenvalue weighted by Gasteiger charge is 2.22. The topological polar surface area (TPSA) is 32.7 Å². The molecule has 0 amide bonds. The maximum atomic E-state index is 10.3. The van der Waals surface area contributed by atoms with E-state index in [2.05, 4.69) is 18.7 Å². The quantitative estimate of drug-likeness (QED) is 0.872. The second kappa shape index (κ2) is 8.14. The molecule has 1 heterocycles. The number of halogens is 1. The highest BCUT2D eigenvalue weighted by Crippen LogP contribution is 2.20. The molecule has 118 valence electrons. The maximum Gasteiger partial charge on any atom is 0.0916 e. The van der Waals surface area contributed by atoms with E-state index in [1.54, 1.807) is 0 Å². The number of piperidine rings is 1. The van der Waals surface area contributed by atoms with Crippen LogP contribution in [0.2, 0.25) is 5.02 Å². The molecule has 0 saturated carbocycles. The summed E-state index contributed by atoms with van der Waals surface area (Å²) in [7, 11) is 0. The molecule has 4 heteroatoms. The van der Waals surface area contributed by atoms with Crippen molar-refractivity contribution in [2.45, 2.75) is 38.9 Å². The van der Waals surface area contributed by atoms with Crippen LogP contribution in [-0.4, -0.2) is 42.4 Å². The molecule has 0 spiro atoms. The zero-order chi connectivity index (χ0) is 15.2. The van der Waals surface area contributed by atoms with Crippen LogP contribution in [0.4, 0.5) is 0 Å². The van der Waals surface area contributed by atoms with Crippen LogP contribution < -0.4 is 0 Å². The van der Waals surface area contributed by atoms with Gasteiger partial charge in [0.05, 0.1) is 12.2 Å². The molecule has 0 aromatic heterocycles. The van der Waals surface area contributed by atoms with Crippen molar-refractivity contribution in [2.24, 2.45) is 5.92 Å². The summed E-state index contributed by atoms with van der Waals surface area (Å²) >= 11 is 5.87. The largest absolute Gasteiger partial charge is 0.387 e. The summed E-state index contributed by atoms with van der Waals surface area (Å²) in [5.74, 6) is 0.592. The Morgan fingerprint density at radius 2 is 1.86 bits per heavy atom. The van der Waals surface area contributed by atoms with Crippen molar-refractivity contribution in [3.05, 3.63) is 34.9 Å². The smallest absolute Gasteiger partial charge is 0.0916 e. The van der Waals surface area contributed by atoms with Crippen molar-refractivity contribution in [2.75, 3.05) is 26.2 Å². The highest BCUT2D eigenvalue weighted by molar-refractivity contribution is 6.30. The number of hydrogen-bond acceptors (Lipinski definition) is 3. The lowest BCUT2D eigenvalue weighted by Gasteiger charge is -2.33. The summed E-state index contributed by atoms with van der Waals surface area (Å²) in [4.78, 5) is 2.31. The molecular formula is C17H26ClNO2. The molecule has 1 unspecified atom stereocenters. The molecule has 1 aliphatic heterocycles. The zero-order valence-electron chi connectivity index (χ0n) is 13.0. The van der Waals surface area contributed by atoms with Crippen LogP contribution in [0.15, 0.2) is 24.3 Å². The number of aliphatic hydroxyl groups excluding tert-OH is 1. The molecule has 21 heavy (non-hydrogen) atoms. The van der Waals surface area contributed by atoms with Crippen molar-refractivity contribution in [3.63, 3.8) is 0 Å². The minimum atomic E-state index is -0.449. The average Bonchev–Trinajstić information content (AvgIpc) is 2.47. The Labute approximate surface area is 132 Å². The number of likely N-dealkylation sites (tertiary alicyclic amines) is 1. The molecule has 3 nitrogen and oxygen atoms in total. The highest BCUT2D eigenvalue weighted by atomic mass is 35.5. The summed E-state index contributed by atoms with van der Waals surface area (Å²) in [6.45, 7) is 7.87. The Balaban J connectivity index is 1.74. The van der Waals surface area contributed by atoms with Gasteiger partial charge in [-0.3, -0.25) is 0 Å². The minimum Gasteiger partial charge on any atom is -0.387 e.